The molecule has 0 aliphatic rings. The maximum atomic E-state index is 4.55. The summed E-state index contributed by atoms with van der Waals surface area (Å²) in [4.78, 5) is 5.92. The number of aromatic nitrogens is 1. The first kappa shape index (κ1) is 10.7. The molecule has 0 saturated heterocycles. The molecule has 2 nitrogen and oxygen atoms in total. The van der Waals surface area contributed by atoms with Crippen molar-refractivity contribution in [3.05, 3.63) is 15.6 Å². The molecule has 0 aromatic carbocycles. The van der Waals surface area contributed by atoms with Gasteiger partial charge in [0.05, 0.1) is 10.7 Å². The van der Waals surface area contributed by atoms with Crippen LogP contribution < -0.4 is 5.32 Å². The van der Waals surface area contributed by atoms with Crippen LogP contribution in [-0.4, -0.2) is 12.0 Å². The Morgan fingerprint density at radius 1 is 1.46 bits per heavy atom. The number of aryl methyl sites for hydroxylation is 1. The van der Waals surface area contributed by atoms with Crippen LogP contribution in [0.25, 0.3) is 0 Å². The fourth-order valence-electron chi connectivity index (χ4n) is 1.25. The highest BCUT2D eigenvalue weighted by Crippen LogP contribution is 2.20. The third-order valence-electron chi connectivity index (χ3n) is 1.86. The Balaban J connectivity index is 2.70. The third kappa shape index (κ3) is 3.08. The van der Waals surface area contributed by atoms with E-state index in [2.05, 4.69) is 31.1 Å². The molecule has 0 aliphatic heterocycles. The second-order valence-corrected chi connectivity index (χ2v) is 4.91. The number of hydrogen-bond donors (Lipinski definition) is 1. The van der Waals surface area contributed by atoms with E-state index < -0.39 is 0 Å². The molecule has 0 unspecified atom stereocenters. The predicted molar refractivity (Wildman–Crippen MR) is 58.2 cm³/mol. The molecule has 1 heterocycles. The van der Waals surface area contributed by atoms with Crippen LogP contribution in [-0.2, 0) is 13.0 Å². The van der Waals surface area contributed by atoms with Crippen LogP contribution >= 0.6 is 11.3 Å². The van der Waals surface area contributed by atoms with Gasteiger partial charge in [0.2, 0.25) is 0 Å². The van der Waals surface area contributed by atoms with Crippen molar-refractivity contribution in [3.8, 4) is 0 Å². The molecule has 0 radical (unpaired) electrons. The molecule has 1 aromatic heterocycles. The van der Waals surface area contributed by atoms with Crippen molar-refractivity contribution >= 4 is 11.3 Å². The van der Waals surface area contributed by atoms with E-state index in [-0.39, 0.29) is 0 Å². The molecule has 0 fully saturated rings. The zero-order valence-corrected chi connectivity index (χ0v) is 9.66. The molecule has 1 aromatic rings. The Morgan fingerprint density at radius 3 is 2.69 bits per heavy atom. The Kier molecular flexibility index (Phi) is 3.88. The Labute approximate surface area is 84.4 Å². The van der Waals surface area contributed by atoms with Crippen molar-refractivity contribution in [2.24, 2.45) is 5.92 Å². The highest BCUT2D eigenvalue weighted by molar-refractivity contribution is 7.11. The number of hydrogen-bond acceptors (Lipinski definition) is 3. The molecule has 0 atom stereocenters. The van der Waals surface area contributed by atoms with Crippen LogP contribution in [0.4, 0.5) is 0 Å². The first-order valence-electron chi connectivity index (χ1n) is 4.73. The summed E-state index contributed by atoms with van der Waals surface area (Å²) in [5.41, 5.74) is 1.19. The van der Waals surface area contributed by atoms with Gasteiger partial charge in [0.1, 0.15) is 0 Å². The summed E-state index contributed by atoms with van der Waals surface area (Å²) in [6.07, 6.45) is 1.11. The molecule has 13 heavy (non-hydrogen) atoms. The topological polar surface area (TPSA) is 24.9 Å². The summed E-state index contributed by atoms with van der Waals surface area (Å²) in [5, 5.41) is 4.44. The molecule has 3 heteroatoms. The van der Waals surface area contributed by atoms with Gasteiger partial charge in [-0.25, -0.2) is 4.98 Å². The first-order chi connectivity index (χ1) is 6.13. The Morgan fingerprint density at radius 2 is 2.15 bits per heavy atom. The second kappa shape index (κ2) is 4.72. The fraction of sp³-hybridized carbons (Fsp3) is 0.700. The summed E-state index contributed by atoms with van der Waals surface area (Å²) < 4.78 is 0. The van der Waals surface area contributed by atoms with E-state index in [1.165, 1.54) is 15.6 Å². The zero-order chi connectivity index (χ0) is 9.84. The third-order valence-corrected chi connectivity index (χ3v) is 3.04. The van der Waals surface area contributed by atoms with Crippen LogP contribution in [0.2, 0.25) is 0 Å². The lowest BCUT2D eigenvalue weighted by Gasteiger charge is -1.98. The molecule has 0 saturated carbocycles. The molecule has 0 aliphatic carbocycles. The van der Waals surface area contributed by atoms with E-state index in [9.17, 15) is 0 Å². The summed E-state index contributed by atoms with van der Waals surface area (Å²) >= 11 is 1.84. The van der Waals surface area contributed by atoms with Crippen LogP contribution in [0.5, 0.6) is 0 Å². The highest BCUT2D eigenvalue weighted by atomic mass is 32.1. The second-order valence-electron chi connectivity index (χ2n) is 3.74. The zero-order valence-electron chi connectivity index (χ0n) is 8.85. The SMILES string of the molecule is CNCc1sc(CC(C)C)nc1C. The molecule has 0 amide bonds. The average Bonchev–Trinajstić information content (AvgIpc) is 2.31. The van der Waals surface area contributed by atoms with E-state index in [0.717, 1.165) is 13.0 Å². The van der Waals surface area contributed by atoms with Gasteiger partial charge in [0.25, 0.3) is 0 Å². The number of rotatable bonds is 4. The van der Waals surface area contributed by atoms with Crippen molar-refractivity contribution in [2.75, 3.05) is 7.05 Å². The molecule has 1 N–H and O–H groups in total. The molecule has 0 spiro atoms. The highest BCUT2D eigenvalue weighted by Gasteiger charge is 2.07. The number of nitrogens with one attached hydrogen (secondary N) is 1. The van der Waals surface area contributed by atoms with Gasteiger partial charge in [-0.3, -0.25) is 0 Å². The van der Waals surface area contributed by atoms with Gasteiger partial charge >= 0.3 is 0 Å². The quantitative estimate of drug-likeness (QED) is 0.803. The van der Waals surface area contributed by atoms with Gasteiger partial charge in [-0.2, -0.15) is 0 Å². The number of thiazole rings is 1. The Hall–Kier alpha value is -0.410. The molecule has 1 rings (SSSR count). The van der Waals surface area contributed by atoms with Gasteiger partial charge in [-0.15, -0.1) is 11.3 Å². The molecule has 74 valence electrons. The molecule has 0 bridgehead atoms. The summed E-state index contributed by atoms with van der Waals surface area (Å²) in [6.45, 7) is 7.50. The lowest BCUT2D eigenvalue weighted by Crippen LogP contribution is -2.04. The minimum atomic E-state index is 0.702. The van der Waals surface area contributed by atoms with Crippen molar-refractivity contribution in [2.45, 2.75) is 33.7 Å². The van der Waals surface area contributed by atoms with Gasteiger partial charge in [-0.1, -0.05) is 13.8 Å². The van der Waals surface area contributed by atoms with E-state index >= 15 is 0 Å². The smallest absolute Gasteiger partial charge is 0.0934 e. The lowest BCUT2D eigenvalue weighted by atomic mass is 10.1. The van der Waals surface area contributed by atoms with Gasteiger partial charge < -0.3 is 5.32 Å². The maximum Gasteiger partial charge on any atom is 0.0934 e. The predicted octanol–water partition coefficient (Wildman–Crippen LogP) is 2.37. The van der Waals surface area contributed by atoms with E-state index in [4.69, 9.17) is 0 Å². The van der Waals surface area contributed by atoms with E-state index in [1.807, 2.05) is 18.4 Å². The van der Waals surface area contributed by atoms with Crippen LogP contribution in [0.15, 0.2) is 0 Å². The molecular formula is C10H18N2S. The summed E-state index contributed by atoms with van der Waals surface area (Å²) in [7, 11) is 1.97. The van der Waals surface area contributed by atoms with Gasteiger partial charge in [0.15, 0.2) is 0 Å². The standard InChI is InChI=1S/C10H18N2S/c1-7(2)5-10-12-8(3)9(13-10)6-11-4/h7,11H,5-6H2,1-4H3. The van der Waals surface area contributed by atoms with Crippen LogP contribution in [0, 0.1) is 12.8 Å². The average molecular weight is 198 g/mol. The monoisotopic (exact) mass is 198 g/mol. The summed E-state index contributed by atoms with van der Waals surface area (Å²) in [6, 6.07) is 0. The van der Waals surface area contributed by atoms with Crippen molar-refractivity contribution in [1.82, 2.24) is 10.3 Å². The van der Waals surface area contributed by atoms with Crippen LogP contribution in [0.3, 0.4) is 0 Å². The summed E-state index contributed by atoms with van der Waals surface area (Å²) in [5.74, 6) is 0.702. The van der Waals surface area contributed by atoms with E-state index in [0.29, 0.717) is 5.92 Å². The van der Waals surface area contributed by atoms with Crippen molar-refractivity contribution in [3.63, 3.8) is 0 Å². The van der Waals surface area contributed by atoms with E-state index in [1.54, 1.807) is 0 Å². The first-order valence-corrected chi connectivity index (χ1v) is 5.55. The van der Waals surface area contributed by atoms with Crippen molar-refractivity contribution < 1.29 is 0 Å². The van der Waals surface area contributed by atoms with Gasteiger partial charge in [0, 0.05) is 17.8 Å². The van der Waals surface area contributed by atoms with Gasteiger partial charge in [-0.05, 0) is 19.9 Å². The Bertz CT molecular complexity index is 266. The minimum absolute atomic E-state index is 0.702. The minimum Gasteiger partial charge on any atom is -0.315 e. The molecular weight excluding hydrogens is 180 g/mol. The normalized spacial score (nSPS) is 11.2. The van der Waals surface area contributed by atoms with Crippen molar-refractivity contribution in [1.29, 1.82) is 0 Å². The number of nitrogens with zero attached hydrogens (tertiary/aromatic N) is 1. The fourth-order valence-corrected chi connectivity index (χ4v) is 2.54. The lowest BCUT2D eigenvalue weighted by molar-refractivity contribution is 0.643. The largest absolute Gasteiger partial charge is 0.315 e. The maximum absolute atomic E-state index is 4.55. The van der Waals surface area contributed by atoms with Crippen LogP contribution in [0.1, 0.15) is 29.4 Å².